The predicted octanol–water partition coefficient (Wildman–Crippen LogP) is 4.75. The molecule has 1 amide bonds. The van der Waals surface area contributed by atoms with E-state index in [4.69, 9.17) is 4.74 Å². The number of aliphatic hydroxyl groups is 1. The minimum atomic E-state index is -1.02. The number of hydrogen-bond acceptors (Lipinski definition) is 4. The topological polar surface area (TPSA) is 87.1 Å². The van der Waals surface area contributed by atoms with E-state index in [1.807, 2.05) is 55.5 Å². The molecule has 0 spiro atoms. The highest BCUT2D eigenvalue weighted by Gasteiger charge is 2.41. The van der Waals surface area contributed by atoms with Crippen LogP contribution in [-0.4, -0.2) is 34.1 Å². The van der Waals surface area contributed by atoms with Crippen molar-refractivity contribution < 1.29 is 24.5 Å². The maximum absolute atomic E-state index is 13.1. The van der Waals surface area contributed by atoms with Crippen LogP contribution in [0.25, 0.3) is 5.57 Å². The third-order valence-electron chi connectivity index (χ3n) is 5.65. The van der Waals surface area contributed by atoms with Crippen LogP contribution < -0.4 is 4.74 Å². The van der Waals surface area contributed by atoms with Gasteiger partial charge in [0.05, 0.1) is 18.7 Å². The molecule has 0 bridgehead atoms. The van der Waals surface area contributed by atoms with Crippen LogP contribution in [0.5, 0.6) is 5.75 Å². The molecule has 6 nitrogen and oxygen atoms in total. The number of amides is 1. The van der Waals surface area contributed by atoms with Crippen molar-refractivity contribution in [1.82, 2.24) is 4.90 Å². The highest BCUT2D eigenvalue weighted by atomic mass is 16.5. The summed E-state index contributed by atoms with van der Waals surface area (Å²) >= 11 is 0. The Balaban J connectivity index is 1.78. The number of methoxy groups -OCH3 is 1. The van der Waals surface area contributed by atoms with E-state index in [0.717, 1.165) is 22.3 Å². The molecule has 2 N–H and O–H groups in total. The first-order valence-corrected chi connectivity index (χ1v) is 10.2. The number of benzene rings is 3. The summed E-state index contributed by atoms with van der Waals surface area (Å²) in [5, 5.41) is 20.1. The zero-order valence-electron chi connectivity index (χ0n) is 17.8. The molecule has 162 valence electrons. The van der Waals surface area contributed by atoms with E-state index < -0.39 is 17.9 Å². The van der Waals surface area contributed by atoms with Crippen LogP contribution in [0.3, 0.4) is 0 Å². The van der Waals surface area contributed by atoms with Gasteiger partial charge >= 0.3 is 5.97 Å². The summed E-state index contributed by atoms with van der Waals surface area (Å²) in [4.78, 5) is 26.0. The standard InChI is InChI=1S/C26H23NO5/c1-16-3-7-18(8-4-16)22-23(19-9-11-20(12-10-19)26(30)31)27(25(29)24(22)28)15-17-5-13-21(32-2)14-6-17/h3-14,23,28H,15H2,1-2H3,(H,30,31)/t23-/m1/s1. The monoisotopic (exact) mass is 429 g/mol. The summed E-state index contributed by atoms with van der Waals surface area (Å²) in [7, 11) is 1.59. The van der Waals surface area contributed by atoms with Crippen molar-refractivity contribution in [3.8, 4) is 5.75 Å². The summed E-state index contributed by atoms with van der Waals surface area (Å²) in [6.45, 7) is 2.24. The van der Waals surface area contributed by atoms with Gasteiger partial charge in [-0.1, -0.05) is 54.1 Å². The molecule has 32 heavy (non-hydrogen) atoms. The number of carbonyl (C=O) groups is 2. The van der Waals surface area contributed by atoms with Crippen LogP contribution in [0.4, 0.5) is 0 Å². The van der Waals surface area contributed by atoms with Crippen LogP contribution in [-0.2, 0) is 11.3 Å². The van der Waals surface area contributed by atoms with Gasteiger partial charge in [0.2, 0.25) is 0 Å². The SMILES string of the molecule is COc1ccc(CN2C(=O)C(O)=C(c3ccc(C)cc3)[C@H]2c2ccc(C(=O)O)cc2)cc1. The number of aryl methyl sites for hydroxylation is 1. The first-order chi connectivity index (χ1) is 15.4. The lowest BCUT2D eigenvalue weighted by molar-refractivity contribution is -0.130. The second-order valence-electron chi connectivity index (χ2n) is 7.74. The minimum Gasteiger partial charge on any atom is -0.503 e. The molecule has 3 aromatic carbocycles. The van der Waals surface area contributed by atoms with Crippen molar-refractivity contribution in [2.75, 3.05) is 7.11 Å². The molecular weight excluding hydrogens is 406 g/mol. The van der Waals surface area contributed by atoms with Gasteiger partial charge in [0.25, 0.3) is 5.91 Å². The maximum Gasteiger partial charge on any atom is 0.335 e. The fourth-order valence-electron chi connectivity index (χ4n) is 3.93. The van der Waals surface area contributed by atoms with Gasteiger partial charge in [-0.15, -0.1) is 0 Å². The van der Waals surface area contributed by atoms with Crippen molar-refractivity contribution in [1.29, 1.82) is 0 Å². The number of aliphatic hydroxyl groups excluding tert-OH is 1. The summed E-state index contributed by atoms with van der Waals surface area (Å²) in [5.74, 6) is -1.08. The van der Waals surface area contributed by atoms with Crippen molar-refractivity contribution >= 4 is 17.4 Å². The zero-order valence-corrected chi connectivity index (χ0v) is 17.8. The Bertz CT molecular complexity index is 1180. The molecule has 4 rings (SSSR count). The average molecular weight is 429 g/mol. The first-order valence-electron chi connectivity index (χ1n) is 10.2. The van der Waals surface area contributed by atoms with Crippen LogP contribution >= 0.6 is 0 Å². The number of aromatic carboxylic acids is 1. The van der Waals surface area contributed by atoms with E-state index >= 15 is 0 Å². The quantitative estimate of drug-likeness (QED) is 0.590. The van der Waals surface area contributed by atoms with Gasteiger partial charge in [0.15, 0.2) is 5.76 Å². The molecule has 0 saturated carbocycles. The number of hydrogen-bond donors (Lipinski definition) is 2. The van der Waals surface area contributed by atoms with Gasteiger partial charge in [-0.3, -0.25) is 4.79 Å². The number of nitrogens with zero attached hydrogens (tertiary/aromatic N) is 1. The average Bonchev–Trinajstić information content (AvgIpc) is 3.05. The second-order valence-corrected chi connectivity index (χ2v) is 7.74. The smallest absolute Gasteiger partial charge is 0.335 e. The fourth-order valence-corrected chi connectivity index (χ4v) is 3.93. The number of ether oxygens (including phenoxy) is 1. The molecule has 0 radical (unpaired) electrons. The van der Waals surface area contributed by atoms with E-state index in [2.05, 4.69) is 0 Å². The molecule has 6 heteroatoms. The van der Waals surface area contributed by atoms with Gasteiger partial charge < -0.3 is 19.8 Å². The van der Waals surface area contributed by atoms with E-state index in [-0.39, 0.29) is 17.9 Å². The predicted molar refractivity (Wildman–Crippen MR) is 120 cm³/mol. The van der Waals surface area contributed by atoms with Crippen LogP contribution in [0.1, 0.15) is 38.7 Å². The summed E-state index contributed by atoms with van der Waals surface area (Å²) in [6, 6.07) is 20.8. The molecule has 0 fully saturated rings. The minimum absolute atomic E-state index is 0.157. The van der Waals surface area contributed by atoms with Crippen molar-refractivity contribution in [3.05, 3.63) is 106 Å². The molecule has 1 aliphatic rings. The molecule has 0 aromatic heterocycles. The molecule has 1 heterocycles. The number of rotatable bonds is 6. The Morgan fingerprint density at radius 1 is 0.969 bits per heavy atom. The van der Waals surface area contributed by atoms with E-state index in [1.54, 1.807) is 24.1 Å². The molecule has 0 saturated heterocycles. The largest absolute Gasteiger partial charge is 0.503 e. The van der Waals surface area contributed by atoms with Crippen LogP contribution in [0, 0.1) is 6.92 Å². The molecule has 1 atom stereocenters. The van der Waals surface area contributed by atoms with Gasteiger partial charge in [-0.2, -0.15) is 0 Å². The van der Waals surface area contributed by atoms with Crippen LogP contribution in [0.15, 0.2) is 78.6 Å². The highest BCUT2D eigenvalue weighted by Crippen LogP contribution is 2.43. The third-order valence-corrected chi connectivity index (χ3v) is 5.65. The van der Waals surface area contributed by atoms with Crippen LogP contribution in [0.2, 0.25) is 0 Å². The van der Waals surface area contributed by atoms with Crippen molar-refractivity contribution in [2.45, 2.75) is 19.5 Å². The normalized spacial score (nSPS) is 15.9. The van der Waals surface area contributed by atoms with E-state index in [9.17, 15) is 19.8 Å². The molecule has 0 unspecified atom stereocenters. The van der Waals surface area contributed by atoms with Gasteiger partial charge in [0.1, 0.15) is 5.75 Å². The summed E-state index contributed by atoms with van der Waals surface area (Å²) in [5.41, 5.74) is 4.07. The molecule has 1 aliphatic heterocycles. The number of carboxylic acid groups (broad SMARTS) is 1. The Morgan fingerprint density at radius 3 is 2.16 bits per heavy atom. The van der Waals surface area contributed by atoms with E-state index in [0.29, 0.717) is 11.3 Å². The Kier molecular flexibility index (Phi) is 5.69. The third kappa shape index (κ3) is 3.95. The van der Waals surface area contributed by atoms with Crippen molar-refractivity contribution in [3.63, 3.8) is 0 Å². The lowest BCUT2D eigenvalue weighted by atomic mass is 9.92. The fraction of sp³-hybridized carbons (Fsp3) is 0.154. The molecule has 0 aliphatic carbocycles. The summed E-state index contributed by atoms with van der Waals surface area (Å²) < 4.78 is 5.21. The molecule has 3 aromatic rings. The lowest BCUT2D eigenvalue weighted by Crippen LogP contribution is -2.29. The Hall–Kier alpha value is -4.06. The summed E-state index contributed by atoms with van der Waals surface area (Å²) in [6.07, 6.45) is 0. The Morgan fingerprint density at radius 2 is 1.59 bits per heavy atom. The van der Waals surface area contributed by atoms with Gasteiger partial charge in [0, 0.05) is 12.1 Å². The molecular formula is C26H23NO5. The lowest BCUT2D eigenvalue weighted by Gasteiger charge is -2.27. The first kappa shape index (κ1) is 21.2. The van der Waals surface area contributed by atoms with Gasteiger partial charge in [-0.05, 0) is 47.9 Å². The van der Waals surface area contributed by atoms with E-state index in [1.165, 1.54) is 12.1 Å². The maximum atomic E-state index is 13.1. The number of carbonyl (C=O) groups excluding carboxylic acids is 1. The Labute approximate surface area is 186 Å². The van der Waals surface area contributed by atoms with Crippen molar-refractivity contribution in [2.24, 2.45) is 0 Å². The van der Waals surface area contributed by atoms with Gasteiger partial charge in [-0.25, -0.2) is 4.79 Å². The highest BCUT2D eigenvalue weighted by molar-refractivity contribution is 6.05. The number of carboxylic acids is 1. The zero-order chi connectivity index (χ0) is 22.8. The second kappa shape index (κ2) is 8.59.